The summed E-state index contributed by atoms with van der Waals surface area (Å²) >= 11 is 0. The Bertz CT molecular complexity index is 414. The van der Waals surface area contributed by atoms with Crippen molar-refractivity contribution in [2.45, 2.75) is 31.2 Å². The molecule has 4 heteroatoms. The molecule has 1 fully saturated rings. The average Bonchev–Trinajstić information content (AvgIpc) is 3.12. The Hall–Kier alpha value is -1.10. The van der Waals surface area contributed by atoms with Crippen LogP contribution in [0.25, 0.3) is 0 Å². The van der Waals surface area contributed by atoms with Crippen molar-refractivity contribution < 1.29 is 19.7 Å². The molecule has 0 radical (unpaired) electrons. The van der Waals surface area contributed by atoms with Crippen LogP contribution in [0.5, 0.6) is 5.75 Å². The van der Waals surface area contributed by atoms with E-state index in [-0.39, 0.29) is 6.10 Å². The van der Waals surface area contributed by atoms with Gasteiger partial charge in [0.15, 0.2) is 0 Å². The quantitative estimate of drug-likeness (QED) is 0.740. The molecule has 3 atom stereocenters. The second-order valence-electron chi connectivity index (χ2n) is 4.70. The molecule has 4 nitrogen and oxygen atoms in total. The fourth-order valence-corrected chi connectivity index (χ4v) is 2.22. The molecule has 1 heterocycles. The standard InChI is InChI=1S/C13H16O4/c14-11-4-8-2-1-3-13(10(8)5-12(11)15)17-7-9-6-16-9/h1-3,9,11-12,14-15H,4-7H2/t9-,11-,12+/m1/s1. The maximum atomic E-state index is 9.71. The number of hydrogen-bond acceptors (Lipinski definition) is 4. The number of fused-ring (bicyclic) bond motifs is 1. The first-order valence-electron chi connectivity index (χ1n) is 5.95. The number of hydrogen-bond donors (Lipinski definition) is 2. The minimum atomic E-state index is -0.690. The smallest absolute Gasteiger partial charge is 0.123 e. The van der Waals surface area contributed by atoms with Gasteiger partial charge in [0.1, 0.15) is 18.5 Å². The monoisotopic (exact) mass is 236 g/mol. The molecule has 0 spiro atoms. The van der Waals surface area contributed by atoms with E-state index in [9.17, 15) is 10.2 Å². The number of aliphatic hydroxyl groups is 2. The normalized spacial score (nSPS) is 30.8. The van der Waals surface area contributed by atoms with Crippen molar-refractivity contribution in [3.8, 4) is 5.75 Å². The second kappa shape index (κ2) is 4.29. The molecule has 92 valence electrons. The molecular weight excluding hydrogens is 220 g/mol. The molecule has 1 aliphatic heterocycles. The number of epoxide rings is 1. The molecule has 0 bridgehead atoms. The first kappa shape index (κ1) is 11.0. The fraction of sp³-hybridized carbons (Fsp3) is 0.538. The molecular formula is C13H16O4. The second-order valence-corrected chi connectivity index (χ2v) is 4.70. The van der Waals surface area contributed by atoms with Gasteiger partial charge in [-0.3, -0.25) is 0 Å². The SMILES string of the molecule is O[C@@H]1Cc2cccc(OC[C@H]3CO3)c2C[C@@H]1O. The molecule has 0 aromatic heterocycles. The number of ether oxygens (including phenoxy) is 2. The Balaban J connectivity index is 1.81. The zero-order valence-corrected chi connectivity index (χ0v) is 9.50. The Kier molecular flexibility index (Phi) is 2.78. The first-order chi connectivity index (χ1) is 8.24. The van der Waals surface area contributed by atoms with Gasteiger partial charge < -0.3 is 19.7 Å². The summed E-state index contributed by atoms with van der Waals surface area (Å²) in [6.45, 7) is 1.34. The van der Waals surface area contributed by atoms with Crippen molar-refractivity contribution in [1.82, 2.24) is 0 Å². The van der Waals surface area contributed by atoms with E-state index >= 15 is 0 Å². The van der Waals surface area contributed by atoms with Crippen molar-refractivity contribution >= 4 is 0 Å². The summed E-state index contributed by atoms with van der Waals surface area (Å²) in [5.74, 6) is 0.809. The predicted octanol–water partition coefficient (Wildman–Crippen LogP) is 0.285. The van der Waals surface area contributed by atoms with Gasteiger partial charge in [0.2, 0.25) is 0 Å². The van der Waals surface area contributed by atoms with E-state index < -0.39 is 12.2 Å². The molecule has 0 saturated carbocycles. The molecule has 1 saturated heterocycles. The third-order valence-corrected chi connectivity index (χ3v) is 3.34. The number of aliphatic hydroxyl groups excluding tert-OH is 2. The summed E-state index contributed by atoms with van der Waals surface area (Å²) in [6, 6.07) is 5.81. The van der Waals surface area contributed by atoms with E-state index in [0.717, 1.165) is 23.5 Å². The Morgan fingerprint density at radius 2 is 2.00 bits per heavy atom. The first-order valence-corrected chi connectivity index (χ1v) is 5.95. The minimum Gasteiger partial charge on any atom is -0.490 e. The van der Waals surface area contributed by atoms with Crippen LogP contribution < -0.4 is 4.74 Å². The van der Waals surface area contributed by atoms with Crippen LogP contribution in [0.4, 0.5) is 0 Å². The lowest BCUT2D eigenvalue weighted by molar-refractivity contribution is 0.0135. The third-order valence-electron chi connectivity index (χ3n) is 3.34. The number of rotatable bonds is 3. The van der Waals surface area contributed by atoms with Crippen molar-refractivity contribution in [1.29, 1.82) is 0 Å². The molecule has 0 unspecified atom stereocenters. The highest BCUT2D eigenvalue weighted by atomic mass is 16.6. The van der Waals surface area contributed by atoms with Crippen LogP contribution in [-0.4, -0.2) is 41.7 Å². The molecule has 3 rings (SSSR count). The zero-order chi connectivity index (χ0) is 11.8. The van der Waals surface area contributed by atoms with Crippen molar-refractivity contribution in [3.63, 3.8) is 0 Å². The van der Waals surface area contributed by atoms with Crippen LogP contribution in [-0.2, 0) is 17.6 Å². The minimum absolute atomic E-state index is 0.227. The van der Waals surface area contributed by atoms with Crippen LogP contribution in [0, 0.1) is 0 Å². The lowest BCUT2D eigenvalue weighted by Crippen LogP contribution is -2.34. The topological polar surface area (TPSA) is 62.2 Å². The summed E-state index contributed by atoms with van der Waals surface area (Å²) in [4.78, 5) is 0. The van der Waals surface area contributed by atoms with E-state index in [0.29, 0.717) is 19.4 Å². The molecule has 1 aromatic rings. The summed E-state index contributed by atoms with van der Waals surface area (Å²) in [7, 11) is 0. The van der Waals surface area contributed by atoms with Crippen molar-refractivity contribution in [3.05, 3.63) is 29.3 Å². The van der Waals surface area contributed by atoms with E-state index in [4.69, 9.17) is 9.47 Å². The van der Waals surface area contributed by atoms with Gasteiger partial charge in [0.05, 0.1) is 18.8 Å². The van der Waals surface area contributed by atoms with Gasteiger partial charge in [-0.05, 0) is 11.6 Å². The molecule has 1 aliphatic carbocycles. The lowest BCUT2D eigenvalue weighted by Gasteiger charge is -2.27. The highest BCUT2D eigenvalue weighted by Gasteiger charge is 2.28. The van der Waals surface area contributed by atoms with Crippen LogP contribution in [0.15, 0.2) is 18.2 Å². The highest BCUT2D eigenvalue weighted by molar-refractivity contribution is 5.43. The van der Waals surface area contributed by atoms with E-state index in [1.807, 2.05) is 18.2 Å². The Morgan fingerprint density at radius 1 is 1.24 bits per heavy atom. The van der Waals surface area contributed by atoms with Gasteiger partial charge in [-0.15, -0.1) is 0 Å². The fourth-order valence-electron chi connectivity index (χ4n) is 2.22. The van der Waals surface area contributed by atoms with Gasteiger partial charge >= 0.3 is 0 Å². The van der Waals surface area contributed by atoms with Gasteiger partial charge in [-0.1, -0.05) is 12.1 Å². The largest absolute Gasteiger partial charge is 0.490 e. The molecule has 0 amide bonds. The van der Waals surface area contributed by atoms with Gasteiger partial charge in [-0.25, -0.2) is 0 Å². The molecule has 17 heavy (non-hydrogen) atoms. The molecule has 2 aliphatic rings. The third kappa shape index (κ3) is 2.29. The van der Waals surface area contributed by atoms with Crippen LogP contribution in [0.1, 0.15) is 11.1 Å². The summed E-state index contributed by atoms with van der Waals surface area (Å²) < 4.78 is 10.8. The van der Waals surface area contributed by atoms with Crippen LogP contribution >= 0.6 is 0 Å². The van der Waals surface area contributed by atoms with Gasteiger partial charge in [0, 0.05) is 18.4 Å². The van der Waals surface area contributed by atoms with Crippen molar-refractivity contribution in [2.75, 3.05) is 13.2 Å². The van der Waals surface area contributed by atoms with Gasteiger partial charge in [-0.2, -0.15) is 0 Å². The Morgan fingerprint density at radius 3 is 2.76 bits per heavy atom. The predicted molar refractivity (Wildman–Crippen MR) is 61.1 cm³/mol. The molecule has 2 N–H and O–H groups in total. The van der Waals surface area contributed by atoms with Crippen molar-refractivity contribution in [2.24, 2.45) is 0 Å². The maximum Gasteiger partial charge on any atom is 0.123 e. The zero-order valence-electron chi connectivity index (χ0n) is 9.50. The molecule has 1 aromatic carbocycles. The summed E-state index contributed by atoms with van der Waals surface area (Å²) in [5, 5.41) is 19.3. The number of benzene rings is 1. The Labute approximate surface area is 99.8 Å². The van der Waals surface area contributed by atoms with Crippen LogP contribution in [0.3, 0.4) is 0 Å². The maximum absolute atomic E-state index is 9.71. The van der Waals surface area contributed by atoms with E-state index in [1.165, 1.54) is 0 Å². The lowest BCUT2D eigenvalue weighted by atomic mass is 9.87. The van der Waals surface area contributed by atoms with E-state index in [2.05, 4.69) is 0 Å². The average molecular weight is 236 g/mol. The summed E-state index contributed by atoms with van der Waals surface area (Å²) in [6.07, 6.45) is -0.176. The van der Waals surface area contributed by atoms with E-state index in [1.54, 1.807) is 0 Å². The highest BCUT2D eigenvalue weighted by Crippen LogP contribution is 2.30. The van der Waals surface area contributed by atoms with Crippen LogP contribution in [0.2, 0.25) is 0 Å². The summed E-state index contributed by atoms with van der Waals surface area (Å²) in [5.41, 5.74) is 2.09. The van der Waals surface area contributed by atoms with Gasteiger partial charge in [0.25, 0.3) is 0 Å².